The summed E-state index contributed by atoms with van der Waals surface area (Å²) >= 11 is 0. The van der Waals surface area contributed by atoms with E-state index >= 15 is 0 Å². The number of ketones is 1. The second-order valence-electron chi connectivity index (χ2n) is 4.58. The Kier molecular flexibility index (Phi) is 2.80. The van der Waals surface area contributed by atoms with Crippen molar-refractivity contribution in [3.63, 3.8) is 0 Å². The van der Waals surface area contributed by atoms with Crippen LogP contribution in [-0.4, -0.2) is 5.78 Å². The van der Waals surface area contributed by atoms with Crippen molar-refractivity contribution in [1.29, 1.82) is 0 Å². The molecule has 2 aromatic carbocycles. The number of nitrogens with two attached hydrogens (primary N) is 1. The van der Waals surface area contributed by atoms with Gasteiger partial charge in [0, 0.05) is 16.8 Å². The van der Waals surface area contributed by atoms with Gasteiger partial charge in [-0.1, -0.05) is 12.1 Å². The van der Waals surface area contributed by atoms with Crippen LogP contribution in [0.3, 0.4) is 0 Å². The Bertz CT molecular complexity index is 647. The SMILES string of the molecule is Nc1cc(F)cc(C(=O)c2ccc3c(c2)COC3)c1. The Morgan fingerprint density at radius 1 is 1.05 bits per heavy atom. The van der Waals surface area contributed by atoms with Crippen molar-refractivity contribution in [3.05, 3.63) is 64.5 Å². The van der Waals surface area contributed by atoms with Gasteiger partial charge in [-0.05, 0) is 35.4 Å². The normalized spacial score (nSPS) is 13.3. The van der Waals surface area contributed by atoms with Gasteiger partial charge in [0.05, 0.1) is 13.2 Å². The van der Waals surface area contributed by atoms with Crippen molar-refractivity contribution in [3.8, 4) is 0 Å². The third-order valence-electron chi connectivity index (χ3n) is 3.17. The van der Waals surface area contributed by atoms with Crippen LogP contribution in [0.25, 0.3) is 0 Å². The first-order valence-corrected chi connectivity index (χ1v) is 5.94. The van der Waals surface area contributed by atoms with Crippen molar-refractivity contribution < 1.29 is 13.9 Å². The molecule has 0 unspecified atom stereocenters. The van der Waals surface area contributed by atoms with Crippen LogP contribution in [0, 0.1) is 5.82 Å². The maximum absolute atomic E-state index is 13.3. The van der Waals surface area contributed by atoms with E-state index in [2.05, 4.69) is 0 Å². The fraction of sp³-hybridized carbons (Fsp3) is 0.133. The van der Waals surface area contributed by atoms with E-state index in [0.717, 1.165) is 11.1 Å². The van der Waals surface area contributed by atoms with Gasteiger partial charge >= 0.3 is 0 Å². The van der Waals surface area contributed by atoms with E-state index < -0.39 is 5.82 Å². The first kappa shape index (κ1) is 11.9. The van der Waals surface area contributed by atoms with Gasteiger partial charge < -0.3 is 10.5 Å². The van der Waals surface area contributed by atoms with Crippen LogP contribution in [0.15, 0.2) is 36.4 Å². The Morgan fingerprint density at radius 2 is 1.84 bits per heavy atom. The summed E-state index contributed by atoms with van der Waals surface area (Å²) in [6.07, 6.45) is 0. The molecule has 1 heterocycles. The predicted octanol–water partition coefficient (Wildman–Crippen LogP) is 2.67. The van der Waals surface area contributed by atoms with Crippen LogP contribution in [-0.2, 0) is 18.0 Å². The van der Waals surface area contributed by atoms with Gasteiger partial charge in [-0.2, -0.15) is 0 Å². The summed E-state index contributed by atoms with van der Waals surface area (Å²) in [5.41, 5.74) is 8.68. The molecule has 1 aliphatic rings. The summed E-state index contributed by atoms with van der Waals surface area (Å²) in [4.78, 5) is 12.3. The molecule has 0 bridgehead atoms. The average molecular weight is 257 g/mol. The highest BCUT2D eigenvalue weighted by atomic mass is 19.1. The van der Waals surface area contributed by atoms with Crippen molar-refractivity contribution in [1.82, 2.24) is 0 Å². The van der Waals surface area contributed by atoms with Gasteiger partial charge in [0.25, 0.3) is 0 Å². The van der Waals surface area contributed by atoms with Gasteiger partial charge in [-0.25, -0.2) is 4.39 Å². The van der Waals surface area contributed by atoms with E-state index in [4.69, 9.17) is 10.5 Å². The smallest absolute Gasteiger partial charge is 0.193 e. The lowest BCUT2D eigenvalue weighted by atomic mass is 9.99. The molecule has 19 heavy (non-hydrogen) atoms. The molecular weight excluding hydrogens is 245 g/mol. The van der Waals surface area contributed by atoms with E-state index in [1.54, 1.807) is 12.1 Å². The number of anilines is 1. The highest BCUT2D eigenvalue weighted by Crippen LogP contribution is 2.23. The molecule has 3 nitrogen and oxygen atoms in total. The number of carbonyl (C=O) groups is 1. The Morgan fingerprint density at radius 3 is 2.63 bits per heavy atom. The highest BCUT2D eigenvalue weighted by molar-refractivity contribution is 6.09. The van der Waals surface area contributed by atoms with Gasteiger partial charge in [0.1, 0.15) is 5.82 Å². The first-order chi connectivity index (χ1) is 9.13. The molecule has 0 fully saturated rings. The Balaban J connectivity index is 1.99. The van der Waals surface area contributed by atoms with Crippen LogP contribution in [0.5, 0.6) is 0 Å². The average Bonchev–Trinajstić information content (AvgIpc) is 2.83. The van der Waals surface area contributed by atoms with Crippen LogP contribution in [0.1, 0.15) is 27.0 Å². The number of nitrogen functional groups attached to an aromatic ring is 1. The van der Waals surface area contributed by atoms with Crippen LogP contribution in [0.2, 0.25) is 0 Å². The topological polar surface area (TPSA) is 52.3 Å². The monoisotopic (exact) mass is 257 g/mol. The lowest BCUT2D eigenvalue weighted by Gasteiger charge is -2.05. The fourth-order valence-corrected chi connectivity index (χ4v) is 2.22. The maximum atomic E-state index is 13.3. The zero-order valence-electron chi connectivity index (χ0n) is 10.2. The van der Waals surface area contributed by atoms with E-state index in [1.807, 2.05) is 6.07 Å². The largest absolute Gasteiger partial charge is 0.399 e. The van der Waals surface area contributed by atoms with E-state index in [9.17, 15) is 9.18 Å². The van der Waals surface area contributed by atoms with Crippen molar-refractivity contribution in [2.45, 2.75) is 13.2 Å². The minimum Gasteiger partial charge on any atom is -0.399 e. The molecule has 0 radical (unpaired) electrons. The van der Waals surface area contributed by atoms with Gasteiger partial charge in [-0.15, -0.1) is 0 Å². The highest BCUT2D eigenvalue weighted by Gasteiger charge is 2.16. The number of hydrogen-bond acceptors (Lipinski definition) is 3. The zero-order valence-corrected chi connectivity index (χ0v) is 10.2. The quantitative estimate of drug-likeness (QED) is 0.664. The fourth-order valence-electron chi connectivity index (χ4n) is 2.22. The van der Waals surface area contributed by atoms with E-state index in [-0.39, 0.29) is 17.0 Å². The van der Waals surface area contributed by atoms with Crippen molar-refractivity contribution in [2.24, 2.45) is 0 Å². The number of rotatable bonds is 2. The molecule has 3 rings (SSSR count). The number of hydrogen-bond donors (Lipinski definition) is 1. The molecule has 0 atom stereocenters. The first-order valence-electron chi connectivity index (χ1n) is 5.94. The molecule has 0 aliphatic carbocycles. The van der Waals surface area contributed by atoms with Gasteiger partial charge in [-0.3, -0.25) is 4.79 Å². The number of fused-ring (bicyclic) bond motifs is 1. The Labute approximate surface area is 109 Å². The van der Waals surface area contributed by atoms with Gasteiger partial charge in [0.15, 0.2) is 5.78 Å². The minimum atomic E-state index is -0.507. The molecule has 0 spiro atoms. The molecule has 2 N–H and O–H groups in total. The molecule has 2 aromatic rings. The molecule has 1 aliphatic heterocycles. The molecule has 0 saturated heterocycles. The molecule has 0 amide bonds. The molecule has 96 valence electrons. The summed E-state index contributed by atoms with van der Waals surface area (Å²) in [5, 5.41) is 0. The second-order valence-corrected chi connectivity index (χ2v) is 4.58. The zero-order chi connectivity index (χ0) is 13.4. The third kappa shape index (κ3) is 2.22. The van der Waals surface area contributed by atoms with E-state index in [0.29, 0.717) is 18.8 Å². The van der Waals surface area contributed by atoms with Gasteiger partial charge in [0.2, 0.25) is 0 Å². The summed E-state index contributed by atoms with van der Waals surface area (Å²) < 4.78 is 18.6. The van der Waals surface area contributed by atoms with Crippen LogP contribution >= 0.6 is 0 Å². The summed E-state index contributed by atoms with van der Waals surface area (Å²) in [5.74, 6) is -0.742. The van der Waals surface area contributed by atoms with Crippen molar-refractivity contribution in [2.75, 3.05) is 5.73 Å². The summed E-state index contributed by atoms with van der Waals surface area (Å²) in [6, 6.07) is 9.27. The second kappa shape index (κ2) is 4.48. The molecule has 0 saturated carbocycles. The predicted molar refractivity (Wildman–Crippen MR) is 69.2 cm³/mol. The number of benzene rings is 2. The molecular formula is C15H12FNO2. The lowest BCUT2D eigenvalue weighted by Crippen LogP contribution is -2.04. The van der Waals surface area contributed by atoms with Crippen LogP contribution in [0.4, 0.5) is 10.1 Å². The maximum Gasteiger partial charge on any atom is 0.193 e. The number of ether oxygens (including phenoxy) is 1. The van der Waals surface area contributed by atoms with E-state index in [1.165, 1.54) is 18.2 Å². The Hall–Kier alpha value is -2.20. The molecule has 0 aromatic heterocycles. The third-order valence-corrected chi connectivity index (χ3v) is 3.17. The lowest BCUT2D eigenvalue weighted by molar-refractivity contribution is 0.103. The number of carbonyl (C=O) groups excluding carboxylic acids is 1. The standard InChI is InChI=1S/C15H12FNO2/c16-13-4-11(5-14(17)6-13)15(18)9-1-2-10-7-19-8-12(10)3-9/h1-6H,7-8,17H2. The van der Waals surface area contributed by atoms with Crippen LogP contribution < -0.4 is 5.73 Å². The summed E-state index contributed by atoms with van der Waals surface area (Å²) in [6.45, 7) is 1.10. The molecule has 4 heteroatoms. The van der Waals surface area contributed by atoms with Crippen molar-refractivity contribution >= 4 is 11.5 Å². The minimum absolute atomic E-state index is 0.235. The number of halogens is 1. The summed E-state index contributed by atoms with van der Waals surface area (Å²) in [7, 11) is 0.